The summed E-state index contributed by atoms with van der Waals surface area (Å²) in [6.07, 6.45) is 10.9. The van der Waals surface area contributed by atoms with Gasteiger partial charge in [0, 0.05) is 12.7 Å². The number of pyridine rings is 1. The number of hydrogen-bond acceptors (Lipinski definition) is 3. The highest BCUT2D eigenvalue weighted by atomic mass is 16.2. The highest BCUT2D eigenvalue weighted by molar-refractivity contribution is 6.39. The van der Waals surface area contributed by atoms with Crippen LogP contribution in [0.15, 0.2) is 36.2 Å². The number of allylic oxidation sites excluding steroid dienone is 1. The van der Waals surface area contributed by atoms with Crippen molar-refractivity contribution in [3.63, 3.8) is 0 Å². The molecular formula is C15H19N3O2. The number of amides is 2. The lowest BCUT2D eigenvalue weighted by Gasteiger charge is -2.12. The van der Waals surface area contributed by atoms with E-state index >= 15 is 0 Å². The summed E-state index contributed by atoms with van der Waals surface area (Å²) >= 11 is 0. The lowest BCUT2D eigenvalue weighted by molar-refractivity contribution is -0.136. The summed E-state index contributed by atoms with van der Waals surface area (Å²) in [4.78, 5) is 27.1. The molecular weight excluding hydrogens is 254 g/mol. The van der Waals surface area contributed by atoms with E-state index in [1.165, 1.54) is 24.6 Å². The molecule has 5 heteroatoms. The molecule has 20 heavy (non-hydrogen) atoms. The molecule has 0 saturated carbocycles. The molecule has 1 heterocycles. The third-order valence-corrected chi connectivity index (χ3v) is 3.24. The fourth-order valence-electron chi connectivity index (χ4n) is 2.17. The Kier molecular flexibility index (Phi) is 5.29. The van der Waals surface area contributed by atoms with Crippen molar-refractivity contribution in [3.05, 3.63) is 36.2 Å². The van der Waals surface area contributed by atoms with Gasteiger partial charge >= 0.3 is 11.8 Å². The Bertz CT molecular complexity index is 497. The summed E-state index contributed by atoms with van der Waals surface area (Å²) in [6, 6.07) is 3.38. The Morgan fingerprint density at radius 2 is 2.15 bits per heavy atom. The topological polar surface area (TPSA) is 71.1 Å². The van der Waals surface area contributed by atoms with Gasteiger partial charge in [-0.3, -0.25) is 14.6 Å². The van der Waals surface area contributed by atoms with E-state index in [1.54, 1.807) is 18.3 Å². The van der Waals surface area contributed by atoms with E-state index in [2.05, 4.69) is 21.7 Å². The Morgan fingerprint density at radius 3 is 2.85 bits per heavy atom. The number of nitrogens with one attached hydrogen (secondary N) is 2. The Hall–Kier alpha value is -2.17. The van der Waals surface area contributed by atoms with E-state index in [0.717, 1.165) is 19.3 Å². The molecule has 0 spiro atoms. The lowest BCUT2D eigenvalue weighted by Crippen LogP contribution is -2.36. The number of carbonyl (C=O) groups excluding carboxylic acids is 2. The molecule has 0 unspecified atom stereocenters. The van der Waals surface area contributed by atoms with Crippen molar-refractivity contribution in [1.29, 1.82) is 0 Å². The maximum Gasteiger partial charge on any atom is 0.313 e. The van der Waals surface area contributed by atoms with Gasteiger partial charge in [-0.15, -0.1) is 0 Å². The molecule has 1 aliphatic carbocycles. The molecule has 0 radical (unpaired) electrons. The Labute approximate surface area is 118 Å². The Balaban J connectivity index is 1.71. The van der Waals surface area contributed by atoms with Crippen molar-refractivity contribution >= 4 is 17.5 Å². The fraction of sp³-hybridized carbons (Fsp3) is 0.400. The number of nitrogens with zero attached hydrogens (tertiary/aromatic N) is 1. The van der Waals surface area contributed by atoms with Crippen LogP contribution in [0.2, 0.25) is 0 Å². The van der Waals surface area contributed by atoms with E-state index in [0.29, 0.717) is 12.2 Å². The number of aromatic nitrogens is 1. The van der Waals surface area contributed by atoms with Gasteiger partial charge in [0.05, 0.1) is 11.9 Å². The fourth-order valence-corrected chi connectivity index (χ4v) is 2.17. The molecule has 0 saturated heterocycles. The van der Waals surface area contributed by atoms with Crippen LogP contribution < -0.4 is 10.6 Å². The third kappa shape index (κ3) is 4.50. The van der Waals surface area contributed by atoms with Crippen LogP contribution in [0.3, 0.4) is 0 Å². The van der Waals surface area contributed by atoms with Crippen LogP contribution in [-0.4, -0.2) is 23.3 Å². The number of anilines is 1. The highest BCUT2D eigenvalue weighted by Gasteiger charge is 2.13. The first kappa shape index (κ1) is 14.2. The Morgan fingerprint density at radius 1 is 1.25 bits per heavy atom. The van der Waals surface area contributed by atoms with E-state index in [4.69, 9.17) is 0 Å². The van der Waals surface area contributed by atoms with Gasteiger partial charge in [0.1, 0.15) is 0 Å². The van der Waals surface area contributed by atoms with Gasteiger partial charge in [-0.05, 0) is 44.2 Å². The van der Waals surface area contributed by atoms with Crippen LogP contribution in [0.4, 0.5) is 5.69 Å². The summed E-state index contributed by atoms with van der Waals surface area (Å²) in [7, 11) is 0. The monoisotopic (exact) mass is 273 g/mol. The predicted octanol–water partition coefficient (Wildman–Crippen LogP) is 2.03. The molecule has 0 atom stereocenters. The molecule has 1 aliphatic rings. The molecule has 106 valence electrons. The zero-order chi connectivity index (χ0) is 14.2. The molecule has 2 rings (SSSR count). The number of carbonyl (C=O) groups is 2. The van der Waals surface area contributed by atoms with Gasteiger partial charge in [-0.1, -0.05) is 11.6 Å². The van der Waals surface area contributed by atoms with Gasteiger partial charge < -0.3 is 10.6 Å². The van der Waals surface area contributed by atoms with Crippen LogP contribution in [0.5, 0.6) is 0 Å². The smallest absolute Gasteiger partial charge is 0.313 e. The molecule has 5 nitrogen and oxygen atoms in total. The second-order valence-corrected chi connectivity index (χ2v) is 4.81. The van der Waals surface area contributed by atoms with Crippen molar-refractivity contribution in [2.24, 2.45) is 0 Å². The van der Waals surface area contributed by atoms with Crippen LogP contribution in [0, 0.1) is 0 Å². The summed E-state index contributed by atoms with van der Waals surface area (Å²) in [5.74, 6) is -1.26. The maximum absolute atomic E-state index is 11.6. The second kappa shape index (κ2) is 7.43. The molecule has 0 fully saturated rings. The second-order valence-electron chi connectivity index (χ2n) is 4.81. The molecule has 0 bridgehead atoms. The molecule has 1 aromatic rings. The van der Waals surface area contributed by atoms with Gasteiger partial charge in [0.15, 0.2) is 0 Å². The van der Waals surface area contributed by atoms with Crippen molar-refractivity contribution in [2.45, 2.75) is 32.1 Å². The van der Waals surface area contributed by atoms with Gasteiger partial charge in [-0.2, -0.15) is 0 Å². The van der Waals surface area contributed by atoms with Crippen LogP contribution in [0.25, 0.3) is 0 Å². The minimum atomic E-state index is -0.657. The normalized spacial score (nSPS) is 14.3. The average Bonchev–Trinajstić information content (AvgIpc) is 2.49. The summed E-state index contributed by atoms with van der Waals surface area (Å²) in [5, 5.41) is 5.14. The van der Waals surface area contributed by atoms with E-state index in [9.17, 15) is 9.59 Å². The van der Waals surface area contributed by atoms with Crippen molar-refractivity contribution in [1.82, 2.24) is 10.3 Å². The minimum Gasteiger partial charge on any atom is -0.348 e. The molecule has 0 aromatic carbocycles. The van der Waals surface area contributed by atoms with Gasteiger partial charge in [0.2, 0.25) is 0 Å². The predicted molar refractivity (Wildman–Crippen MR) is 77.0 cm³/mol. The number of hydrogen-bond donors (Lipinski definition) is 2. The SMILES string of the molecule is O=C(NCCC1=CCCCC1)C(=O)Nc1cccnc1. The standard InChI is InChI=1S/C15H19N3O2/c19-14(15(20)18-13-7-4-9-16-11-13)17-10-8-12-5-2-1-3-6-12/h4-5,7,9,11H,1-3,6,8,10H2,(H,17,19)(H,18,20). The first-order valence-electron chi connectivity index (χ1n) is 6.93. The van der Waals surface area contributed by atoms with Gasteiger partial charge in [0.25, 0.3) is 0 Å². The summed E-state index contributed by atoms with van der Waals surface area (Å²) < 4.78 is 0. The van der Waals surface area contributed by atoms with Crippen molar-refractivity contribution in [2.75, 3.05) is 11.9 Å². The summed E-state index contributed by atoms with van der Waals surface area (Å²) in [6.45, 7) is 0.505. The quantitative estimate of drug-likeness (QED) is 0.651. The molecule has 2 N–H and O–H groups in total. The van der Waals surface area contributed by atoms with Crippen LogP contribution in [-0.2, 0) is 9.59 Å². The molecule has 2 amide bonds. The zero-order valence-corrected chi connectivity index (χ0v) is 11.4. The third-order valence-electron chi connectivity index (χ3n) is 3.24. The van der Waals surface area contributed by atoms with Gasteiger partial charge in [-0.25, -0.2) is 0 Å². The summed E-state index contributed by atoms with van der Waals surface area (Å²) in [5.41, 5.74) is 1.90. The van der Waals surface area contributed by atoms with Crippen LogP contribution >= 0.6 is 0 Å². The van der Waals surface area contributed by atoms with Crippen LogP contribution in [0.1, 0.15) is 32.1 Å². The largest absolute Gasteiger partial charge is 0.348 e. The average molecular weight is 273 g/mol. The van der Waals surface area contributed by atoms with E-state index < -0.39 is 11.8 Å². The zero-order valence-electron chi connectivity index (χ0n) is 11.4. The van der Waals surface area contributed by atoms with Crippen molar-refractivity contribution in [3.8, 4) is 0 Å². The van der Waals surface area contributed by atoms with Crippen molar-refractivity contribution < 1.29 is 9.59 Å². The number of rotatable bonds is 4. The maximum atomic E-state index is 11.6. The molecule has 0 aliphatic heterocycles. The lowest BCUT2D eigenvalue weighted by atomic mass is 9.97. The molecule has 1 aromatic heterocycles. The van der Waals surface area contributed by atoms with E-state index in [1.807, 2.05) is 0 Å². The highest BCUT2D eigenvalue weighted by Crippen LogP contribution is 2.19. The first-order valence-corrected chi connectivity index (χ1v) is 6.93. The van der Waals surface area contributed by atoms with E-state index in [-0.39, 0.29) is 0 Å². The first-order chi connectivity index (χ1) is 9.75. The minimum absolute atomic E-state index is 0.505.